The number of hydrazine groups is 1. The van der Waals surface area contributed by atoms with E-state index in [4.69, 9.17) is 44.5 Å². The van der Waals surface area contributed by atoms with Gasteiger partial charge in [0.2, 0.25) is 21.7 Å². The SMILES string of the molecule is COC(Cl)(C(=O)c1cccc(C(=O)NNCl)c1C(=O)C(Cl)(OC)c1ccccc1)c1ccccc1. The summed E-state index contributed by atoms with van der Waals surface area (Å²) in [5.74, 6) is -2.44. The van der Waals surface area contributed by atoms with Crippen molar-refractivity contribution >= 4 is 52.5 Å². The lowest BCUT2D eigenvalue weighted by molar-refractivity contribution is 0.0401. The van der Waals surface area contributed by atoms with Gasteiger partial charge >= 0.3 is 0 Å². The van der Waals surface area contributed by atoms with Crippen molar-refractivity contribution in [2.75, 3.05) is 14.2 Å². The molecule has 1 amide bonds. The lowest BCUT2D eigenvalue weighted by Crippen LogP contribution is -2.39. The number of methoxy groups -OCH3 is 2. The summed E-state index contributed by atoms with van der Waals surface area (Å²) < 4.78 is 10.9. The number of benzene rings is 3. The molecular weight excluding hydrogens is 515 g/mol. The molecule has 0 aliphatic heterocycles. The first-order chi connectivity index (χ1) is 16.7. The third-order valence-electron chi connectivity index (χ3n) is 5.38. The summed E-state index contributed by atoms with van der Waals surface area (Å²) in [4.78, 5) is 42.6. The average molecular weight is 536 g/mol. The first-order valence-electron chi connectivity index (χ1n) is 10.2. The zero-order valence-electron chi connectivity index (χ0n) is 18.7. The maximum absolute atomic E-state index is 14.0. The number of rotatable bonds is 10. The van der Waals surface area contributed by atoms with E-state index in [-0.39, 0.29) is 16.7 Å². The molecule has 0 fully saturated rings. The van der Waals surface area contributed by atoms with E-state index in [2.05, 4.69) is 5.43 Å². The van der Waals surface area contributed by atoms with E-state index in [0.717, 1.165) is 0 Å². The first kappa shape index (κ1) is 26.8. The molecule has 0 aliphatic carbocycles. The van der Waals surface area contributed by atoms with E-state index in [9.17, 15) is 14.4 Å². The summed E-state index contributed by atoms with van der Waals surface area (Å²) >= 11 is 18.8. The molecule has 2 atom stereocenters. The van der Waals surface area contributed by atoms with Crippen LogP contribution in [0.1, 0.15) is 42.2 Å². The number of amides is 1. The van der Waals surface area contributed by atoms with Crippen LogP contribution in [0.3, 0.4) is 0 Å². The largest absolute Gasteiger partial charge is 0.352 e. The fourth-order valence-corrected chi connectivity index (χ4v) is 4.14. The van der Waals surface area contributed by atoms with Crippen LogP contribution in [0.2, 0.25) is 0 Å². The van der Waals surface area contributed by atoms with Gasteiger partial charge < -0.3 is 9.47 Å². The maximum atomic E-state index is 14.0. The van der Waals surface area contributed by atoms with Crippen LogP contribution in [0.5, 0.6) is 0 Å². The molecule has 3 rings (SSSR count). The predicted molar refractivity (Wildman–Crippen MR) is 134 cm³/mol. The average Bonchev–Trinajstić information content (AvgIpc) is 2.91. The summed E-state index contributed by atoms with van der Waals surface area (Å²) in [6, 6.07) is 20.7. The molecule has 3 aromatic rings. The highest BCUT2D eigenvalue weighted by Gasteiger charge is 2.46. The fourth-order valence-electron chi connectivity index (χ4n) is 3.61. The van der Waals surface area contributed by atoms with Crippen molar-refractivity contribution < 1.29 is 23.9 Å². The molecule has 0 saturated heterocycles. The smallest absolute Gasteiger partial charge is 0.267 e. The summed E-state index contributed by atoms with van der Waals surface area (Å²) in [7, 11) is 2.51. The third-order valence-corrected chi connectivity index (χ3v) is 6.56. The molecule has 2 N–H and O–H groups in total. The van der Waals surface area contributed by atoms with Crippen molar-refractivity contribution in [2.24, 2.45) is 0 Å². The molecule has 0 heterocycles. The lowest BCUT2D eigenvalue weighted by Gasteiger charge is -2.29. The van der Waals surface area contributed by atoms with Gasteiger partial charge in [-0.15, -0.1) is 4.94 Å². The Bertz CT molecular complexity index is 1230. The number of Topliss-reactive ketones (excluding diaryl/α,β-unsaturated/α-hetero) is 2. The van der Waals surface area contributed by atoms with Crippen LogP contribution in [-0.2, 0) is 19.6 Å². The Morgan fingerprint density at radius 3 is 1.60 bits per heavy atom. The molecule has 10 heteroatoms. The number of hydrogen-bond donors (Lipinski definition) is 2. The molecule has 35 heavy (non-hydrogen) atoms. The summed E-state index contributed by atoms with van der Waals surface area (Å²) in [5.41, 5.74) is 2.11. The molecule has 0 aliphatic rings. The van der Waals surface area contributed by atoms with E-state index >= 15 is 0 Å². The van der Waals surface area contributed by atoms with Gasteiger partial charge in [0.05, 0.1) is 5.56 Å². The van der Waals surface area contributed by atoms with E-state index < -0.39 is 27.6 Å². The van der Waals surface area contributed by atoms with Gasteiger partial charge in [0.1, 0.15) is 0 Å². The minimum atomic E-state index is -2.06. The number of halogens is 3. The normalized spacial score (nSPS) is 14.4. The summed E-state index contributed by atoms with van der Waals surface area (Å²) in [6.45, 7) is 0. The van der Waals surface area contributed by atoms with Crippen LogP contribution >= 0.6 is 35.0 Å². The molecule has 3 aromatic carbocycles. The van der Waals surface area contributed by atoms with Crippen molar-refractivity contribution in [3.05, 3.63) is 107 Å². The molecular formula is C25H21Cl3N2O5. The number of ether oxygens (including phenoxy) is 2. The van der Waals surface area contributed by atoms with Gasteiger partial charge in [0.15, 0.2) is 0 Å². The van der Waals surface area contributed by atoms with Crippen molar-refractivity contribution in [1.29, 1.82) is 0 Å². The minimum absolute atomic E-state index is 0.185. The Hall–Kier alpha value is -2.78. The Balaban J connectivity index is 2.28. The Labute approximate surface area is 217 Å². The third kappa shape index (κ3) is 5.11. The highest BCUT2D eigenvalue weighted by molar-refractivity contribution is 6.41. The molecule has 0 aromatic heterocycles. The van der Waals surface area contributed by atoms with Crippen LogP contribution in [0.4, 0.5) is 0 Å². The topological polar surface area (TPSA) is 93.7 Å². The van der Waals surface area contributed by atoms with Crippen LogP contribution in [0.25, 0.3) is 0 Å². The molecule has 2 unspecified atom stereocenters. The van der Waals surface area contributed by atoms with Gasteiger partial charge in [-0.2, -0.15) is 0 Å². The molecule has 182 valence electrons. The van der Waals surface area contributed by atoms with Gasteiger partial charge in [-0.25, -0.2) is 0 Å². The van der Waals surface area contributed by atoms with Crippen molar-refractivity contribution in [2.45, 2.75) is 10.1 Å². The zero-order valence-corrected chi connectivity index (χ0v) is 20.9. The summed E-state index contributed by atoms with van der Waals surface area (Å²) in [5, 5.41) is -4.05. The quantitative estimate of drug-likeness (QED) is 0.166. The molecule has 7 nitrogen and oxygen atoms in total. The Kier molecular flexibility index (Phi) is 8.66. The van der Waals surface area contributed by atoms with Crippen molar-refractivity contribution in [3.63, 3.8) is 0 Å². The van der Waals surface area contributed by atoms with Gasteiger partial charge in [-0.05, 0) is 17.8 Å². The van der Waals surface area contributed by atoms with Crippen molar-refractivity contribution in [3.8, 4) is 0 Å². The number of alkyl halides is 2. The van der Waals surface area contributed by atoms with Crippen molar-refractivity contribution in [1.82, 2.24) is 10.4 Å². The Morgan fingerprint density at radius 2 is 1.14 bits per heavy atom. The van der Waals surface area contributed by atoms with E-state index in [1.54, 1.807) is 60.7 Å². The molecule has 0 radical (unpaired) electrons. The van der Waals surface area contributed by atoms with Crippen LogP contribution in [0.15, 0.2) is 78.9 Å². The number of hydrogen-bond acceptors (Lipinski definition) is 6. The van der Waals surface area contributed by atoms with Crippen LogP contribution in [0, 0.1) is 0 Å². The Morgan fingerprint density at radius 1 is 0.686 bits per heavy atom. The predicted octanol–water partition coefficient (Wildman–Crippen LogP) is 4.92. The molecule has 0 saturated carbocycles. The van der Waals surface area contributed by atoms with Gasteiger partial charge in [0, 0.05) is 36.5 Å². The summed E-state index contributed by atoms with van der Waals surface area (Å²) in [6.07, 6.45) is 0. The number of carbonyl (C=O) groups excluding carboxylic acids is 3. The standard InChI is InChI=1S/C25H21Cl3N2O5/c1-34-24(26,16-10-5-3-6-11-16)21(31)18-14-9-15-19(23(33)29-30-28)20(18)22(32)25(27,35-2)17-12-7-4-8-13-17/h3-15,30H,1-2H3,(H,29,33). The first-order valence-corrected chi connectivity index (χ1v) is 11.4. The second-order valence-electron chi connectivity index (χ2n) is 7.27. The highest BCUT2D eigenvalue weighted by atomic mass is 35.5. The minimum Gasteiger partial charge on any atom is -0.352 e. The van der Waals surface area contributed by atoms with Gasteiger partial charge in [0.25, 0.3) is 5.91 Å². The second kappa shape index (κ2) is 11.3. The fraction of sp³-hybridized carbons (Fsp3) is 0.160. The van der Waals surface area contributed by atoms with E-state index in [1.165, 1.54) is 32.4 Å². The lowest BCUT2D eigenvalue weighted by atomic mass is 9.87. The van der Waals surface area contributed by atoms with E-state index in [0.29, 0.717) is 11.1 Å². The molecule has 0 spiro atoms. The second-order valence-corrected chi connectivity index (χ2v) is 8.52. The monoisotopic (exact) mass is 534 g/mol. The van der Waals surface area contributed by atoms with Crippen LogP contribution < -0.4 is 10.4 Å². The number of carbonyl (C=O) groups is 3. The number of ketones is 2. The van der Waals surface area contributed by atoms with E-state index in [1.807, 2.05) is 4.94 Å². The zero-order chi connectivity index (χ0) is 25.6. The highest BCUT2D eigenvalue weighted by Crippen LogP contribution is 2.39. The number of nitrogens with one attached hydrogen (secondary N) is 2. The molecule has 0 bridgehead atoms. The maximum Gasteiger partial charge on any atom is 0.267 e. The van der Waals surface area contributed by atoms with Gasteiger partial charge in [-0.3, -0.25) is 19.8 Å². The van der Waals surface area contributed by atoms with Crippen LogP contribution in [-0.4, -0.2) is 31.7 Å². The van der Waals surface area contributed by atoms with Gasteiger partial charge in [-0.1, -0.05) is 96.0 Å².